The van der Waals surface area contributed by atoms with Crippen LogP contribution in [-0.2, 0) is 4.79 Å². The molecule has 114 valence electrons. The fourth-order valence-electron chi connectivity index (χ4n) is 2.66. The number of anilines is 1. The predicted molar refractivity (Wildman–Crippen MR) is 79.7 cm³/mol. The first kappa shape index (κ1) is 15.8. The fourth-order valence-corrected chi connectivity index (χ4v) is 3.04. The number of urea groups is 1. The second-order valence-corrected chi connectivity index (χ2v) is 6.12. The van der Waals surface area contributed by atoms with Crippen molar-refractivity contribution >= 4 is 33.6 Å². The van der Waals surface area contributed by atoms with E-state index >= 15 is 0 Å². The number of nitrogens with one attached hydrogen (secondary N) is 2. The van der Waals surface area contributed by atoms with Crippen molar-refractivity contribution in [1.82, 2.24) is 5.32 Å². The van der Waals surface area contributed by atoms with E-state index < -0.39 is 23.4 Å². The maximum Gasteiger partial charge on any atom is 0.319 e. The van der Waals surface area contributed by atoms with Gasteiger partial charge in [-0.3, -0.25) is 4.79 Å². The molecule has 0 unspecified atom stereocenters. The summed E-state index contributed by atoms with van der Waals surface area (Å²) < 4.78 is 13.4. The lowest BCUT2D eigenvalue weighted by molar-refractivity contribution is -0.138. The summed E-state index contributed by atoms with van der Waals surface area (Å²) in [6, 6.07) is 3.66. The van der Waals surface area contributed by atoms with Crippen LogP contribution in [-0.4, -0.2) is 22.6 Å². The van der Waals surface area contributed by atoms with Gasteiger partial charge in [0, 0.05) is 5.69 Å². The van der Waals surface area contributed by atoms with Gasteiger partial charge in [-0.1, -0.05) is 12.8 Å². The van der Waals surface area contributed by atoms with Crippen LogP contribution in [0.15, 0.2) is 22.7 Å². The lowest BCUT2D eigenvalue weighted by Crippen LogP contribution is -2.49. The van der Waals surface area contributed by atoms with Crippen molar-refractivity contribution in [3.8, 4) is 0 Å². The molecule has 0 bridgehead atoms. The lowest BCUT2D eigenvalue weighted by Gasteiger charge is -2.28. The minimum atomic E-state index is -0.929. The zero-order valence-electron chi connectivity index (χ0n) is 11.3. The summed E-state index contributed by atoms with van der Waals surface area (Å²) in [5.74, 6) is -1.35. The van der Waals surface area contributed by atoms with Crippen molar-refractivity contribution in [2.24, 2.45) is 0 Å². The van der Waals surface area contributed by atoms with Gasteiger partial charge in [0.2, 0.25) is 0 Å². The number of halogens is 2. The smallest absolute Gasteiger partial charge is 0.319 e. The van der Waals surface area contributed by atoms with Gasteiger partial charge in [-0.2, -0.15) is 0 Å². The molecule has 7 heteroatoms. The zero-order valence-corrected chi connectivity index (χ0v) is 12.9. The zero-order chi connectivity index (χ0) is 15.5. The quantitative estimate of drug-likeness (QED) is 0.770. The highest BCUT2D eigenvalue weighted by molar-refractivity contribution is 9.10. The van der Waals surface area contributed by atoms with Gasteiger partial charge in [-0.15, -0.1) is 0 Å². The molecule has 1 fully saturated rings. The van der Waals surface area contributed by atoms with Gasteiger partial charge < -0.3 is 15.7 Å². The van der Waals surface area contributed by atoms with Crippen molar-refractivity contribution < 1.29 is 19.1 Å². The molecule has 0 aliphatic heterocycles. The topological polar surface area (TPSA) is 78.4 Å². The Hall–Kier alpha value is -1.63. The van der Waals surface area contributed by atoms with Crippen LogP contribution in [0, 0.1) is 5.82 Å². The highest BCUT2D eigenvalue weighted by Gasteiger charge is 2.37. The van der Waals surface area contributed by atoms with E-state index in [-0.39, 0.29) is 10.9 Å². The maximum absolute atomic E-state index is 13.1. The maximum atomic E-state index is 13.1. The number of carboxylic acids is 1. The van der Waals surface area contributed by atoms with E-state index in [9.17, 15) is 14.0 Å². The van der Waals surface area contributed by atoms with Crippen LogP contribution in [0.4, 0.5) is 14.9 Å². The number of rotatable bonds is 4. The third-order valence-corrected chi connectivity index (χ3v) is 4.21. The molecule has 1 aromatic rings. The first-order valence-corrected chi connectivity index (χ1v) is 7.46. The molecular weight excluding hydrogens is 343 g/mol. The summed E-state index contributed by atoms with van der Waals surface area (Å²) in [5, 5.41) is 14.4. The average molecular weight is 359 g/mol. The normalized spacial score (nSPS) is 16.5. The third kappa shape index (κ3) is 4.17. The monoisotopic (exact) mass is 358 g/mol. The summed E-state index contributed by atoms with van der Waals surface area (Å²) in [6.07, 6.45) is 3.01. The Morgan fingerprint density at radius 3 is 2.57 bits per heavy atom. The van der Waals surface area contributed by atoms with Crippen LogP contribution in [0.2, 0.25) is 0 Å². The lowest BCUT2D eigenvalue weighted by atomic mass is 9.93. The van der Waals surface area contributed by atoms with E-state index in [1.807, 2.05) is 0 Å². The van der Waals surface area contributed by atoms with Crippen LogP contribution in [0.5, 0.6) is 0 Å². The Morgan fingerprint density at radius 2 is 2.00 bits per heavy atom. The van der Waals surface area contributed by atoms with Crippen LogP contribution in [0.3, 0.4) is 0 Å². The minimum absolute atomic E-state index is 0.0897. The Morgan fingerprint density at radius 1 is 1.33 bits per heavy atom. The standard InChI is InChI=1S/C14H16BrFN2O3/c15-10-7-9(3-4-11(10)16)17-13(21)18-14(8-12(19)20)5-1-2-6-14/h3-4,7H,1-2,5-6,8H2,(H,19,20)(H2,17,18,21). The van der Waals surface area contributed by atoms with Crippen LogP contribution >= 0.6 is 15.9 Å². The second kappa shape index (κ2) is 6.43. The summed E-state index contributed by atoms with van der Waals surface area (Å²) in [7, 11) is 0. The van der Waals surface area contributed by atoms with Crippen molar-refractivity contribution in [2.75, 3.05) is 5.32 Å². The van der Waals surface area contributed by atoms with Crippen LogP contribution in [0.25, 0.3) is 0 Å². The number of amides is 2. The van der Waals surface area contributed by atoms with Crippen molar-refractivity contribution in [3.63, 3.8) is 0 Å². The molecule has 0 saturated heterocycles. The van der Waals surface area contributed by atoms with E-state index in [0.29, 0.717) is 18.5 Å². The number of aliphatic carboxylic acids is 1. The summed E-state index contributed by atoms with van der Waals surface area (Å²) in [4.78, 5) is 23.0. The second-order valence-electron chi connectivity index (χ2n) is 5.27. The molecule has 0 heterocycles. The first-order valence-electron chi connectivity index (χ1n) is 6.66. The van der Waals surface area contributed by atoms with Gasteiger partial charge in [-0.25, -0.2) is 9.18 Å². The Bertz CT molecular complexity index is 559. The molecule has 1 saturated carbocycles. The molecule has 3 N–H and O–H groups in total. The molecule has 1 aromatic carbocycles. The highest BCUT2D eigenvalue weighted by Crippen LogP contribution is 2.32. The third-order valence-electron chi connectivity index (χ3n) is 3.61. The molecule has 0 spiro atoms. The van der Waals surface area contributed by atoms with Gasteiger partial charge in [-0.05, 0) is 47.0 Å². The number of benzene rings is 1. The summed E-state index contributed by atoms with van der Waals surface area (Å²) in [6.45, 7) is 0. The molecule has 21 heavy (non-hydrogen) atoms. The van der Waals surface area contributed by atoms with Crippen molar-refractivity contribution in [2.45, 2.75) is 37.6 Å². The predicted octanol–water partition coefficient (Wildman–Crippen LogP) is 3.50. The molecule has 0 atom stereocenters. The van der Waals surface area contributed by atoms with Gasteiger partial charge in [0.15, 0.2) is 0 Å². The fraction of sp³-hybridized carbons (Fsp3) is 0.429. The molecule has 2 amide bonds. The number of carbonyl (C=O) groups excluding carboxylic acids is 1. The molecule has 1 aliphatic carbocycles. The van der Waals surface area contributed by atoms with E-state index in [0.717, 1.165) is 12.8 Å². The Balaban J connectivity index is 2.02. The molecule has 2 rings (SSSR count). The number of carbonyl (C=O) groups is 2. The summed E-state index contributed by atoms with van der Waals surface area (Å²) in [5.41, 5.74) is -0.253. The van der Waals surface area contributed by atoms with Gasteiger partial charge in [0.1, 0.15) is 5.82 Å². The van der Waals surface area contributed by atoms with Crippen molar-refractivity contribution in [1.29, 1.82) is 0 Å². The van der Waals surface area contributed by atoms with Crippen molar-refractivity contribution in [3.05, 3.63) is 28.5 Å². The Labute approximate surface area is 130 Å². The minimum Gasteiger partial charge on any atom is -0.481 e. The van der Waals surface area contributed by atoms with E-state index in [2.05, 4.69) is 26.6 Å². The van der Waals surface area contributed by atoms with E-state index in [4.69, 9.17) is 5.11 Å². The van der Waals surface area contributed by atoms with Gasteiger partial charge in [0.05, 0.1) is 16.4 Å². The van der Waals surface area contributed by atoms with Gasteiger partial charge in [0.25, 0.3) is 0 Å². The number of hydrogen-bond acceptors (Lipinski definition) is 2. The SMILES string of the molecule is O=C(O)CC1(NC(=O)Nc2ccc(F)c(Br)c2)CCCC1. The molecule has 1 aliphatic rings. The van der Waals surface area contributed by atoms with Crippen LogP contribution in [0.1, 0.15) is 32.1 Å². The van der Waals surface area contributed by atoms with Crippen LogP contribution < -0.4 is 10.6 Å². The van der Waals surface area contributed by atoms with Gasteiger partial charge >= 0.3 is 12.0 Å². The molecular formula is C14H16BrFN2O3. The largest absolute Gasteiger partial charge is 0.481 e. The molecule has 0 aromatic heterocycles. The highest BCUT2D eigenvalue weighted by atomic mass is 79.9. The number of hydrogen-bond donors (Lipinski definition) is 3. The van der Waals surface area contributed by atoms with E-state index in [1.54, 1.807) is 0 Å². The average Bonchev–Trinajstić information content (AvgIpc) is 2.80. The Kier molecular flexibility index (Phi) is 4.82. The molecule has 5 nitrogen and oxygen atoms in total. The summed E-state index contributed by atoms with van der Waals surface area (Å²) >= 11 is 3.04. The first-order chi connectivity index (χ1) is 9.90. The number of carboxylic acid groups (broad SMARTS) is 1. The molecule has 0 radical (unpaired) electrons. The van der Waals surface area contributed by atoms with E-state index in [1.165, 1.54) is 18.2 Å².